The third kappa shape index (κ3) is 3.37. The number of hydrogen-bond acceptors (Lipinski definition) is 5. The van der Waals surface area contributed by atoms with E-state index in [0.717, 1.165) is 24.3 Å². The lowest BCUT2D eigenvalue weighted by Crippen LogP contribution is -2.23. The van der Waals surface area contributed by atoms with Crippen molar-refractivity contribution in [3.8, 4) is 0 Å². The summed E-state index contributed by atoms with van der Waals surface area (Å²) in [6.45, 7) is 3.22. The van der Waals surface area contributed by atoms with Crippen LogP contribution in [-0.2, 0) is 0 Å². The Kier molecular flexibility index (Phi) is 4.04. The van der Waals surface area contributed by atoms with E-state index in [1.807, 2.05) is 12.1 Å². The van der Waals surface area contributed by atoms with Gasteiger partial charge in [-0.05, 0) is 46.1 Å². The molecule has 0 fully saturated rings. The maximum Gasteiger partial charge on any atom is 0.180 e. The van der Waals surface area contributed by atoms with Gasteiger partial charge in [-0.25, -0.2) is 9.97 Å². The zero-order chi connectivity index (χ0) is 13.0. The highest BCUT2D eigenvalue weighted by Gasteiger charge is 2.05. The fraction of sp³-hybridized carbons (Fsp3) is 0.462. The van der Waals surface area contributed by atoms with E-state index in [9.17, 15) is 0 Å². The Morgan fingerprint density at radius 3 is 2.78 bits per heavy atom. The molecule has 18 heavy (non-hydrogen) atoms. The van der Waals surface area contributed by atoms with Gasteiger partial charge in [0, 0.05) is 18.4 Å². The summed E-state index contributed by atoms with van der Waals surface area (Å²) in [4.78, 5) is 15.0. The van der Waals surface area contributed by atoms with Crippen molar-refractivity contribution in [3.63, 3.8) is 0 Å². The van der Waals surface area contributed by atoms with Gasteiger partial charge >= 0.3 is 0 Å². The maximum atomic E-state index is 4.44. The van der Waals surface area contributed by atoms with Crippen LogP contribution in [0.1, 0.15) is 13.3 Å². The molecular weight excluding hydrogens is 226 g/mol. The summed E-state index contributed by atoms with van der Waals surface area (Å²) in [5, 5.41) is 3.38. The summed E-state index contributed by atoms with van der Waals surface area (Å²) in [6.07, 6.45) is 4.42. The molecule has 1 unspecified atom stereocenters. The second kappa shape index (κ2) is 5.73. The summed E-state index contributed by atoms with van der Waals surface area (Å²) < 4.78 is 0. The predicted octanol–water partition coefficient (Wildman–Crippen LogP) is 1.78. The van der Waals surface area contributed by atoms with Crippen LogP contribution in [0.3, 0.4) is 0 Å². The molecular formula is C13H19N5. The van der Waals surface area contributed by atoms with Gasteiger partial charge in [-0.3, -0.25) is 4.98 Å². The Balaban J connectivity index is 2.03. The first-order valence-electron chi connectivity index (χ1n) is 6.14. The van der Waals surface area contributed by atoms with Crippen molar-refractivity contribution < 1.29 is 0 Å². The van der Waals surface area contributed by atoms with Crippen molar-refractivity contribution in [2.24, 2.45) is 0 Å². The fourth-order valence-electron chi connectivity index (χ4n) is 1.71. The summed E-state index contributed by atoms with van der Waals surface area (Å²) in [7, 11) is 4.16. The summed E-state index contributed by atoms with van der Waals surface area (Å²) in [5.74, 6) is 0.856. The van der Waals surface area contributed by atoms with Crippen molar-refractivity contribution in [1.29, 1.82) is 0 Å². The molecule has 1 N–H and O–H groups in total. The lowest BCUT2D eigenvalue weighted by Gasteiger charge is -2.17. The molecule has 0 spiro atoms. The van der Waals surface area contributed by atoms with Gasteiger partial charge in [-0.1, -0.05) is 0 Å². The molecule has 2 aromatic heterocycles. The number of rotatable bonds is 5. The van der Waals surface area contributed by atoms with Crippen molar-refractivity contribution in [2.75, 3.05) is 26.0 Å². The van der Waals surface area contributed by atoms with Crippen molar-refractivity contribution in [2.45, 2.75) is 19.4 Å². The monoisotopic (exact) mass is 245 g/mol. The molecule has 0 radical (unpaired) electrons. The van der Waals surface area contributed by atoms with Crippen LogP contribution in [0.5, 0.6) is 0 Å². The highest BCUT2D eigenvalue weighted by Crippen LogP contribution is 2.11. The smallest absolute Gasteiger partial charge is 0.180 e. The van der Waals surface area contributed by atoms with E-state index in [0.29, 0.717) is 11.7 Å². The first-order valence-corrected chi connectivity index (χ1v) is 6.14. The quantitative estimate of drug-likeness (QED) is 0.870. The second-order valence-corrected chi connectivity index (χ2v) is 4.73. The molecule has 0 aliphatic rings. The number of fused-ring (bicyclic) bond motifs is 1. The number of anilines is 1. The van der Waals surface area contributed by atoms with Crippen LogP contribution in [0.25, 0.3) is 11.2 Å². The minimum Gasteiger partial charge on any atom is -0.367 e. The van der Waals surface area contributed by atoms with E-state index in [4.69, 9.17) is 0 Å². The van der Waals surface area contributed by atoms with Gasteiger partial charge in [0.05, 0.1) is 0 Å². The molecule has 0 aliphatic heterocycles. The average molecular weight is 245 g/mol. The molecule has 0 saturated carbocycles. The molecule has 2 rings (SSSR count). The van der Waals surface area contributed by atoms with E-state index in [-0.39, 0.29) is 0 Å². The summed E-state index contributed by atoms with van der Waals surface area (Å²) >= 11 is 0. The van der Waals surface area contributed by atoms with E-state index in [1.54, 1.807) is 12.4 Å². The SMILES string of the molecule is CC(CCN(C)C)Nc1ccc2nccnc2n1. The Morgan fingerprint density at radius 2 is 2.00 bits per heavy atom. The summed E-state index contributed by atoms with van der Waals surface area (Å²) in [6, 6.07) is 4.27. The Bertz CT molecular complexity index is 511. The molecule has 0 saturated heterocycles. The first kappa shape index (κ1) is 12.7. The molecule has 5 heteroatoms. The third-order valence-corrected chi connectivity index (χ3v) is 2.74. The molecule has 2 aromatic rings. The Morgan fingerprint density at radius 1 is 1.22 bits per heavy atom. The third-order valence-electron chi connectivity index (χ3n) is 2.74. The van der Waals surface area contributed by atoms with Gasteiger partial charge in [0.1, 0.15) is 11.3 Å². The second-order valence-electron chi connectivity index (χ2n) is 4.73. The number of nitrogens with one attached hydrogen (secondary N) is 1. The number of nitrogens with zero attached hydrogens (tertiary/aromatic N) is 4. The van der Waals surface area contributed by atoms with Crippen LogP contribution >= 0.6 is 0 Å². The largest absolute Gasteiger partial charge is 0.367 e. The van der Waals surface area contributed by atoms with Crippen LogP contribution in [0.2, 0.25) is 0 Å². The van der Waals surface area contributed by atoms with Gasteiger partial charge in [0.15, 0.2) is 5.65 Å². The highest BCUT2D eigenvalue weighted by atomic mass is 15.1. The highest BCUT2D eigenvalue weighted by molar-refractivity contribution is 5.71. The van der Waals surface area contributed by atoms with Crippen LogP contribution in [0.4, 0.5) is 5.82 Å². The Labute approximate surface area is 107 Å². The molecule has 0 amide bonds. The fourth-order valence-corrected chi connectivity index (χ4v) is 1.71. The lowest BCUT2D eigenvalue weighted by molar-refractivity contribution is 0.390. The zero-order valence-corrected chi connectivity index (χ0v) is 11.1. The molecule has 0 aliphatic carbocycles. The average Bonchev–Trinajstić information content (AvgIpc) is 2.36. The van der Waals surface area contributed by atoms with E-state index in [1.165, 1.54) is 0 Å². The van der Waals surface area contributed by atoms with Gasteiger partial charge in [-0.15, -0.1) is 0 Å². The first-order chi connectivity index (χ1) is 8.65. The number of aromatic nitrogens is 3. The van der Waals surface area contributed by atoms with E-state index in [2.05, 4.69) is 46.2 Å². The molecule has 0 aromatic carbocycles. The molecule has 96 valence electrons. The van der Waals surface area contributed by atoms with Crippen molar-refractivity contribution >= 4 is 17.0 Å². The summed E-state index contributed by atoms with van der Waals surface area (Å²) in [5.41, 5.74) is 1.51. The molecule has 5 nitrogen and oxygen atoms in total. The van der Waals surface area contributed by atoms with Gasteiger partial charge < -0.3 is 10.2 Å². The number of hydrogen-bond donors (Lipinski definition) is 1. The Hall–Kier alpha value is -1.75. The molecule has 1 atom stereocenters. The predicted molar refractivity (Wildman–Crippen MR) is 73.6 cm³/mol. The minimum atomic E-state index is 0.383. The van der Waals surface area contributed by atoms with Gasteiger partial charge in [0.2, 0.25) is 0 Å². The van der Waals surface area contributed by atoms with E-state index >= 15 is 0 Å². The van der Waals surface area contributed by atoms with Gasteiger partial charge in [-0.2, -0.15) is 0 Å². The van der Waals surface area contributed by atoms with Crippen LogP contribution in [0.15, 0.2) is 24.5 Å². The van der Waals surface area contributed by atoms with Crippen molar-refractivity contribution in [3.05, 3.63) is 24.5 Å². The van der Waals surface area contributed by atoms with Gasteiger partial charge in [0.25, 0.3) is 0 Å². The molecule has 0 bridgehead atoms. The number of pyridine rings is 1. The van der Waals surface area contributed by atoms with Crippen LogP contribution < -0.4 is 5.32 Å². The standard InChI is InChI=1S/C13H19N5/c1-10(6-9-18(2)3)16-12-5-4-11-13(17-12)15-8-7-14-11/h4-5,7-8,10H,6,9H2,1-3H3,(H,15,16,17). The van der Waals surface area contributed by atoms with E-state index < -0.39 is 0 Å². The normalized spacial score (nSPS) is 12.9. The van der Waals surface area contributed by atoms with Crippen LogP contribution in [0, 0.1) is 0 Å². The zero-order valence-electron chi connectivity index (χ0n) is 11.1. The molecule has 2 heterocycles. The van der Waals surface area contributed by atoms with Crippen LogP contribution in [-0.4, -0.2) is 46.5 Å². The minimum absolute atomic E-state index is 0.383. The lowest BCUT2D eigenvalue weighted by atomic mass is 10.2. The maximum absolute atomic E-state index is 4.44. The van der Waals surface area contributed by atoms with Crippen molar-refractivity contribution in [1.82, 2.24) is 19.9 Å². The topological polar surface area (TPSA) is 53.9 Å².